The average molecular weight is 422 g/mol. The lowest BCUT2D eigenvalue weighted by Crippen LogP contribution is -2.16. The molecule has 0 saturated heterocycles. The first-order valence-electron chi connectivity index (χ1n) is 9.25. The number of carbonyl (C=O) groups is 1. The molecule has 1 amide bonds. The van der Waals surface area contributed by atoms with Crippen molar-refractivity contribution in [2.24, 2.45) is 0 Å². The summed E-state index contributed by atoms with van der Waals surface area (Å²) in [6, 6.07) is 9.96. The van der Waals surface area contributed by atoms with Crippen molar-refractivity contribution < 1.29 is 9.18 Å². The first kappa shape index (κ1) is 20.0. The van der Waals surface area contributed by atoms with Crippen LogP contribution in [0, 0.1) is 26.6 Å². The van der Waals surface area contributed by atoms with Gasteiger partial charge in [-0.25, -0.2) is 14.4 Å². The molecule has 0 bridgehead atoms. The molecule has 0 spiro atoms. The van der Waals surface area contributed by atoms with E-state index in [0.29, 0.717) is 21.9 Å². The fourth-order valence-electron chi connectivity index (χ4n) is 3.28. The Labute approximate surface area is 176 Å². The third-order valence-corrected chi connectivity index (χ3v) is 5.54. The molecule has 2 heterocycles. The SMILES string of the molecule is Cc1cc(C)c(NC(=O)CSc2ncnc3c2nnn3-c2ccc(F)cc2)c(C)c1. The van der Waals surface area contributed by atoms with Crippen LogP contribution < -0.4 is 5.32 Å². The number of aromatic nitrogens is 5. The molecule has 152 valence electrons. The van der Waals surface area contributed by atoms with Gasteiger partial charge in [-0.1, -0.05) is 34.7 Å². The van der Waals surface area contributed by atoms with Crippen molar-refractivity contribution in [1.29, 1.82) is 0 Å². The fraction of sp³-hybridized carbons (Fsp3) is 0.190. The second kappa shape index (κ2) is 8.19. The maximum absolute atomic E-state index is 13.2. The Hall–Kier alpha value is -3.33. The lowest BCUT2D eigenvalue weighted by molar-refractivity contribution is -0.113. The highest BCUT2D eigenvalue weighted by atomic mass is 32.2. The van der Waals surface area contributed by atoms with Gasteiger partial charge in [0, 0.05) is 5.69 Å². The maximum atomic E-state index is 13.2. The zero-order chi connectivity index (χ0) is 21.3. The number of amides is 1. The van der Waals surface area contributed by atoms with E-state index in [0.717, 1.165) is 22.4 Å². The number of nitrogens with one attached hydrogen (secondary N) is 1. The predicted molar refractivity (Wildman–Crippen MR) is 114 cm³/mol. The Kier molecular flexibility index (Phi) is 5.45. The molecule has 0 aliphatic carbocycles. The molecule has 0 saturated carbocycles. The normalized spacial score (nSPS) is 11.1. The minimum Gasteiger partial charge on any atom is -0.325 e. The van der Waals surface area contributed by atoms with Crippen molar-refractivity contribution in [2.45, 2.75) is 25.8 Å². The summed E-state index contributed by atoms with van der Waals surface area (Å²) in [6.07, 6.45) is 1.40. The quantitative estimate of drug-likeness (QED) is 0.386. The van der Waals surface area contributed by atoms with E-state index in [4.69, 9.17) is 0 Å². The highest BCUT2D eigenvalue weighted by Gasteiger charge is 2.15. The molecule has 0 unspecified atom stereocenters. The molecule has 30 heavy (non-hydrogen) atoms. The lowest BCUT2D eigenvalue weighted by Gasteiger charge is -2.12. The van der Waals surface area contributed by atoms with Crippen LogP contribution in [-0.4, -0.2) is 36.6 Å². The fourth-order valence-corrected chi connectivity index (χ4v) is 4.01. The smallest absolute Gasteiger partial charge is 0.234 e. The van der Waals surface area contributed by atoms with E-state index in [-0.39, 0.29) is 17.5 Å². The second-order valence-electron chi connectivity index (χ2n) is 6.94. The molecule has 9 heteroatoms. The van der Waals surface area contributed by atoms with E-state index in [9.17, 15) is 9.18 Å². The molecule has 0 atom stereocenters. The third kappa shape index (κ3) is 4.02. The van der Waals surface area contributed by atoms with Crippen LogP contribution in [-0.2, 0) is 4.79 Å². The molecule has 0 aliphatic rings. The highest BCUT2D eigenvalue weighted by molar-refractivity contribution is 8.00. The molecule has 2 aromatic heterocycles. The Bertz CT molecular complexity index is 1220. The van der Waals surface area contributed by atoms with E-state index in [1.54, 1.807) is 12.1 Å². The van der Waals surface area contributed by atoms with Crippen molar-refractivity contribution in [3.63, 3.8) is 0 Å². The zero-order valence-corrected chi connectivity index (χ0v) is 17.5. The largest absolute Gasteiger partial charge is 0.325 e. The molecule has 7 nitrogen and oxygen atoms in total. The Morgan fingerprint density at radius 2 is 1.80 bits per heavy atom. The molecule has 2 aromatic carbocycles. The summed E-state index contributed by atoms with van der Waals surface area (Å²) in [7, 11) is 0. The van der Waals surface area contributed by atoms with Crippen LogP contribution in [0.4, 0.5) is 10.1 Å². The summed E-state index contributed by atoms with van der Waals surface area (Å²) in [4.78, 5) is 21.0. The summed E-state index contributed by atoms with van der Waals surface area (Å²) in [6.45, 7) is 5.98. The number of thioether (sulfide) groups is 1. The third-order valence-electron chi connectivity index (χ3n) is 4.56. The summed E-state index contributed by atoms with van der Waals surface area (Å²) < 4.78 is 14.7. The van der Waals surface area contributed by atoms with Crippen LogP contribution in [0.5, 0.6) is 0 Å². The molecular weight excluding hydrogens is 403 g/mol. The van der Waals surface area contributed by atoms with Gasteiger partial charge in [-0.2, -0.15) is 4.68 Å². The first-order chi connectivity index (χ1) is 14.4. The molecule has 1 N–H and O–H groups in total. The van der Waals surface area contributed by atoms with Gasteiger partial charge in [-0.3, -0.25) is 4.79 Å². The number of nitrogens with zero attached hydrogens (tertiary/aromatic N) is 5. The van der Waals surface area contributed by atoms with Gasteiger partial charge in [-0.05, 0) is 56.2 Å². The van der Waals surface area contributed by atoms with Crippen LogP contribution in [0.15, 0.2) is 47.8 Å². The van der Waals surface area contributed by atoms with Crippen LogP contribution in [0.1, 0.15) is 16.7 Å². The minimum atomic E-state index is -0.334. The molecule has 0 aliphatic heterocycles. The van der Waals surface area contributed by atoms with Gasteiger partial charge in [-0.15, -0.1) is 5.10 Å². The Balaban J connectivity index is 1.52. The van der Waals surface area contributed by atoms with Gasteiger partial charge in [0.15, 0.2) is 11.2 Å². The highest BCUT2D eigenvalue weighted by Crippen LogP contribution is 2.26. The summed E-state index contributed by atoms with van der Waals surface area (Å²) in [5.41, 5.74) is 5.66. The van der Waals surface area contributed by atoms with Crippen LogP contribution in [0.2, 0.25) is 0 Å². The number of halogens is 1. The van der Waals surface area contributed by atoms with Gasteiger partial charge in [0.1, 0.15) is 17.2 Å². The standard InChI is InChI=1S/C21H19FN6OS/c1-12-8-13(2)18(14(3)9-12)25-17(29)10-30-21-19-20(23-11-24-21)28(27-26-19)16-6-4-15(22)5-7-16/h4-9,11H,10H2,1-3H3,(H,25,29). The predicted octanol–water partition coefficient (Wildman–Crippen LogP) is 4.01. The minimum absolute atomic E-state index is 0.132. The van der Waals surface area contributed by atoms with E-state index in [2.05, 4.69) is 25.6 Å². The number of benzene rings is 2. The average Bonchev–Trinajstić information content (AvgIpc) is 3.14. The van der Waals surface area contributed by atoms with Crippen molar-refractivity contribution in [3.8, 4) is 5.69 Å². The Morgan fingerprint density at radius 1 is 1.10 bits per heavy atom. The molecule has 4 aromatic rings. The van der Waals surface area contributed by atoms with Gasteiger partial charge in [0.05, 0.1) is 11.4 Å². The summed E-state index contributed by atoms with van der Waals surface area (Å²) in [5.74, 6) is -0.297. The van der Waals surface area contributed by atoms with Crippen LogP contribution in [0.3, 0.4) is 0 Å². The van der Waals surface area contributed by atoms with Crippen LogP contribution in [0.25, 0.3) is 16.9 Å². The number of anilines is 1. The molecule has 0 fully saturated rings. The lowest BCUT2D eigenvalue weighted by atomic mass is 10.1. The number of fused-ring (bicyclic) bond motifs is 1. The van der Waals surface area contributed by atoms with E-state index < -0.39 is 0 Å². The summed E-state index contributed by atoms with van der Waals surface area (Å²) in [5, 5.41) is 11.8. The summed E-state index contributed by atoms with van der Waals surface area (Å²) >= 11 is 1.26. The molecular formula is C21H19FN6OS. The van der Waals surface area contributed by atoms with Crippen molar-refractivity contribution in [2.75, 3.05) is 11.1 Å². The van der Waals surface area contributed by atoms with Crippen molar-refractivity contribution in [1.82, 2.24) is 25.0 Å². The van der Waals surface area contributed by atoms with Gasteiger partial charge < -0.3 is 5.32 Å². The maximum Gasteiger partial charge on any atom is 0.234 e. The van der Waals surface area contributed by atoms with Crippen molar-refractivity contribution in [3.05, 3.63) is 65.2 Å². The van der Waals surface area contributed by atoms with Gasteiger partial charge in [0.25, 0.3) is 0 Å². The topological polar surface area (TPSA) is 85.6 Å². The van der Waals surface area contributed by atoms with Crippen LogP contribution >= 0.6 is 11.8 Å². The first-order valence-corrected chi connectivity index (χ1v) is 10.2. The van der Waals surface area contributed by atoms with Gasteiger partial charge in [0.2, 0.25) is 5.91 Å². The second-order valence-corrected chi connectivity index (χ2v) is 7.90. The monoisotopic (exact) mass is 422 g/mol. The van der Waals surface area contributed by atoms with Crippen molar-refractivity contribution >= 4 is 34.5 Å². The molecule has 4 rings (SSSR count). The van der Waals surface area contributed by atoms with Gasteiger partial charge >= 0.3 is 0 Å². The van der Waals surface area contributed by atoms with E-state index in [1.807, 2.05) is 32.9 Å². The number of hydrogen-bond donors (Lipinski definition) is 1. The molecule has 0 radical (unpaired) electrons. The van der Waals surface area contributed by atoms with E-state index >= 15 is 0 Å². The zero-order valence-electron chi connectivity index (χ0n) is 16.7. The number of hydrogen-bond acceptors (Lipinski definition) is 6. The number of carbonyl (C=O) groups excluding carboxylic acids is 1. The number of aryl methyl sites for hydroxylation is 3. The number of rotatable bonds is 5. The Morgan fingerprint density at radius 3 is 2.50 bits per heavy atom. The van der Waals surface area contributed by atoms with E-state index in [1.165, 1.54) is 34.9 Å².